The van der Waals surface area contributed by atoms with Crippen LogP contribution in [0.2, 0.25) is 0 Å². The molecule has 1 aliphatic heterocycles. The Morgan fingerprint density at radius 3 is 2.78 bits per heavy atom. The zero-order valence-corrected chi connectivity index (χ0v) is 17.2. The molecule has 1 aliphatic rings. The van der Waals surface area contributed by atoms with Gasteiger partial charge in [0.1, 0.15) is 5.82 Å². The molecule has 0 fully saturated rings. The molecular weight excluding hydrogens is 407 g/mol. The number of carbonyl (C=O) groups excluding carboxylic acids is 1. The number of benzene rings is 1. The van der Waals surface area contributed by atoms with Crippen molar-refractivity contribution < 1.29 is 9.18 Å². The summed E-state index contributed by atoms with van der Waals surface area (Å²) in [6.07, 6.45) is 6.26. The first-order chi connectivity index (χ1) is 15.5. The molecule has 3 aromatic heterocycles. The highest BCUT2D eigenvalue weighted by atomic mass is 19.1. The Morgan fingerprint density at radius 2 is 2.03 bits per heavy atom. The fourth-order valence-corrected chi connectivity index (χ4v) is 3.87. The lowest BCUT2D eigenvalue weighted by molar-refractivity contribution is 0.0750. The first-order valence-corrected chi connectivity index (χ1v) is 9.96. The van der Waals surface area contributed by atoms with E-state index >= 15 is 0 Å². The molecule has 0 bridgehead atoms. The second kappa shape index (κ2) is 7.71. The lowest BCUT2D eigenvalue weighted by Crippen LogP contribution is -2.26. The Morgan fingerprint density at radius 1 is 1.16 bits per heavy atom. The van der Waals surface area contributed by atoms with E-state index in [2.05, 4.69) is 21.1 Å². The smallest absolute Gasteiger partial charge is 0.255 e. The van der Waals surface area contributed by atoms with E-state index in [0.717, 1.165) is 28.8 Å². The Labute approximate surface area is 183 Å². The number of hydrogen-bond donors (Lipinski definition) is 0. The van der Waals surface area contributed by atoms with E-state index < -0.39 is 5.82 Å². The highest BCUT2D eigenvalue weighted by molar-refractivity contribution is 6.01. The number of aryl methyl sites for hydroxylation is 1. The number of fused-ring (bicyclic) bond motifs is 1. The largest absolute Gasteiger partial charge is 0.328 e. The molecule has 0 saturated heterocycles. The summed E-state index contributed by atoms with van der Waals surface area (Å²) in [7, 11) is 0. The average Bonchev–Trinajstić information content (AvgIpc) is 3.38. The van der Waals surface area contributed by atoms with Crippen LogP contribution in [0.1, 0.15) is 32.9 Å². The van der Waals surface area contributed by atoms with Crippen LogP contribution in [0, 0.1) is 24.1 Å². The summed E-state index contributed by atoms with van der Waals surface area (Å²) in [5, 5.41) is 14.0. The Hall–Kier alpha value is -4.38. The summed E-state index contributed by atoms with van der Waals surface area (Å²) in [4.78, 5) is 23.2. The predicted molar refractivity (Wildman–Crippen MR) is 114 cm³/mol. The number of pyridine rings is 2. The second-order valence-corrected chi connectivity index (χ2v) is 7.63. The van der Waals surface area contributed by atoms with Gasteiger partial charge in [0.2, 0.25) is 0 Å². The van der Waals surface area contributed by atoms with Gasteiger partial charge in [-0.15, -0.1) is 0 Å². The fourth-order valence-electron chi connectivity index (χ4n) is 3.87. The minimum absolute atomic E-state index is 0.245. The van der Waals surface area contributed by atoms with E-state index in [0.29, 0.717) is 35.3 Å². The van der Waals surface area contributed by atoms with Gasteiger partial charge in [0.15, 0.2) is 0 Å². The molecule has 0 atom stereocenters. The van der Waals surface area contributed by atoms with E-state index in [4.69, 9.17) is 0 Å². The molecule has 156 valence electrons. The molecule has 0 aliphatic carbocycles. The Balaban J connectivity index is 1.45. The van der Waals surface area contributed by atoms with Crippen molar-refractivity contribution >= 4 is 5.91 Å². The van der Waals surface area contributed by atoms with Gasteiger partial charge >= 0.3 is 0 Å². The standard InChI is InChI=1S/C24H17FN6O/c1-15-6-20(4-5-28-15)31-13-18-12-30(14-23(18)29-31)24(32)22-7-16(9-26)2-3-21(22)17-8-19(25)11-27-10-17/h2-8,10-11,13H,12,14H2,1H3. The first-order valence-electron chi connectivity index (χ1n) is 9.96. The molecule has 8 heteroatoms. The molecule has 4 aromatic rings. The molecule has 7 nitrogen and oxygen atoms in total. The van der Waals surface area contributed by atoms with Gasteiger partial charge in [0, 0.05) is 47.5 Å². The highest BCUT2D eigenvalue weighted by Crippen LogP contribution is 2.30. The minimum Gasteiger partial charge on any atom is -0.328 e. The van der Waals surface area contributed by atoms with Crippen LogP contribution in [0.25, 0.3) is 16.8 Å². The van der Waals surface area contributed by atoms with Crippen LogP contribution in [0.15, 0.2) is 61.2 Å². The van der Waals surface area contributed by atoms with Crippen molar-refractivity contribution in [3.8, 4) is 22.9 Å². The van der Waals surface area contributed by atoms with E-state index in [1.165, 1.54) is 12.3 Å². The van der Waals surface area contributed by atoms with E-state index in [9.17, 15) is 14.4 Å². The van der Waals surface area contributed by atoms with E-state index in [-0.39, 0.29) is 5.91 Å². The van der Waals surface area contributed by atoms with Gasteiger partial charge in [-0.3, -0.25) is 14.8 Å². The van der Waals surface area contributed by atoms with Crippen LogP contribution >= 0.6 is 0 Å². The Bertz CT molecular complexity index is 1380. The molecule has 1 aromatic carbocycles. The number of carbonyl (C=O) groups is 1. The van der Waals surface area contributed by atoms with Crippen molar-refractivity contribution in [3.05, 3.63) is 95.1 Å². The van der Waals surface area contributed by atoms with Gasteiger partial charge in [-0.05, 0) is 42.8 Å². The van der Waals surface area contributed by atoms with Gasteiger partial charge in [0.25, 0.3) is 5.91 Å². The van der Waals surface area contributed by atoms with Crippen LogP contribution in [0.4, 0.5) is 4.39 Å². The quantitative estimate of drug-likeness (QED) is 0.499. The number of nitrogens with zero attached hydrogens (tertiary/aromatic N) is 6. The number of rotatable bonds is 3. The maximum absolute atomic E-state index is 13.7. The monoisotopic (exact) mass is 424 g/mol. The first kappa shape index (κ1) is 19.6. The van der Waals surface area contributed by atoms with Crippen molar-refractivity contribution in [2.75, 3.05) is 0 Å². The van der Waals surface area contributed by atoms with Crippen molar-refractivity contribution in [3.63, 3.8) is 0 Å². The van der Waals surface area contributed by atoms with Gasteiger partial charge < -0.3 is 4.90 Å². The third-order valence-corrected chi connectivity index (χ3v) is 5.41. The summed E-state index contributed by atoms with van der Waals surface area (Å²) < 4.78 is 15.5. The van der Waals surface area contributed by atoms with Crippen molar-refractivity contribution in [2.24, 2.45) is 0 Å². The van der Waals surface area contributed by atoms with Gasteiger partial charge in [-0.1, -0.05) is 6.07 Å². The SMILES string of the molecule is Cc1cc(-n2cc3c(n2)CN(C(=O)c2cc(C#N)ccc2-c2cncc(F)c2)C3)ccn1. The number of nitriles is 1. The zero-order valence-electron chi connectivity index (χ0n) is 17.2. The number of halogens is 1. The summed E-state index contributed by atoms with van der Waals surface area (Å²) in [6.45, 7) is 2.67. The fraction of sp³-hybridized carbons (Fsp3) is 0.125. The predicted octanol–water partition coefficient (Wildman–Crippen LogP) is 3.80. The second-order valence-electron chi connectivity index (χ2n) is 7.63. The number of amides is 1. The zero-order chi connectivity index (χ0) is 22.2. The molecule has 4 heterocycles. The van der Waals surface area contributed by atoms with Crippen LogP contribution in [-0.2, 0) is 13.1 Å². The van der Waals surface area contributed by atoms with Crippen LogP contribution in [0.5, 0.6) is 0 Å². The average molecular weight is 424 g/mol. The van der Waals surface area contributed by atoms with Crippen LogP contribution < -0.4 is 0 Å². The molecular formula is C24H17FN6O. The topological polar surface area (TPSA) is 87.7 Å². The van der Waals surface area contributed by atoms with Gasteiger partial charge in [0.05, 0.1) is 35.8 Å². The Kier molecular flexibility index (Phi) is 4.71. The summed E-state index contributed by atoms with van der Waals surface area (Å²) in [6, 6.07) is 12.0. The van der Waals surface area contributed by atoms with Crippen LogP contribution in [0.3, 0.4) is 0 Å². The van der Waals surface area contributed by atoms with E-state index in [1.807, 2.05) is 25.3 Å². The lowest BCUT2D eigenvalue weighted by Gasteiger charge is -2.18. The summed E-state index contributed by atoms with van der Waals surface area (Å²) in [5.41, 5.74) is 5.28. The molecule has 0 saturated carbocycles. The van der Waals surface area contributed by atoms with E-state index in [1.54, 1.807) is 34.0 Å². The van der Waals surface area contributed by atoms with Crippen LogP contribution in [-0.4, -0.2) is 30.6 Å². The van der Waals surface area contributed by atoms with Crippen molar-refractivity contribution in [2.45, 2.75) is 20.0 Å². The maximum atomic E-state index is 13.7. The van der Waals surface area contributed by atoms with Crippen molar-refractivity contribution in [1.29, 1.82) is 5.26 Å². The molecule has 0 spiro atoms. The third-order valence-electron chi connectivity index (χ3n) is 5.41. The normalized spacial score (nSPS) is 12.5. The molecule has 0 radical (unpaired) electrons. The highest BCUT2D eigenvalue weighted by Gasteiger charge is 2.29. The number of hydrogen-bond acceptors (Lipinski definition) is 5. The molecule has 1 amide bonds. The molecule has 5 rings (SSSR count). The lowest BCUT2D eigenvalue weighted by atomic mass is 9.98. The molecule has 0 unspecified atom stereocenters. The van der Waals surface area contributed by atoms with Crippen molar-refractivity contribution in [1.82, 2.24) is 24.6 Å². The van der Waals surface area contributed by atoms with Gasteiger partial charge in [-0.2, -0.15) is 10.4 Å². The third kappa shape index (κ3) is 3.50. The molecule has 0 N–H and O–H groups in total. The maximum Gasteiger partial charge on any atom is 0.255 e. The minimum atomic E-state index is -0.494. The summed E-state index contributed by atoms with van der Waals surface area (Å²) >= 11 is 0. The number of aromatic nitrogens is 4. The molecule has 32 heavy (non-hydrogen) atoms. The van der Waals surface area contributed by atoms with Gasteiger partial charge in [-0.25, -0.2) is 9.07 Å². The summed E-state index contributed by atoms with van der Waals surface area (Å²) in [5.74, 6) is -0.738.